The van der Waals surface area contributed by atoms with E-state index in [0.717, 1.165) is 25.3 Å². The maximum atomic E-state index is 12.0. The topological polar surface area (TPSA) is 61.8 Å². The number of ether oxygens (including phenoxy) is 1. The number of nitrogens with one attached hydrogen (secondary N) is 1. The van der Waals surface area contributed by atoms with Crippen molar-refractivity contribution in [3.8, 4) is 0 Å². The molecule has 20 heavy (non-hydrogen) atoms. The molecule has 2 unspecified atom stereocenters. The van der Waals surface area contributed by atoms with Gasteiger partial charge in [0.05, 0.1) is 25.9 Å². The zero-order chi connectivity index (χ0) is 15.0. The van der Waals surface area contributed by atoms with Gasteiger partial charge in [0.15, 0.2) is 0 Å². The van der Waals surface area contributed by atoms with Crippen LogP contribution in [0.5, 0.6) is 0 Å². The summed E-state index contributed by atoms with van der Waals surface area (Å²) in [6.45, 7) is 8.89. The van der Waals surface area contributed by atoms with Crippen molar-refractivity contribution in [1.82, 2.24) is 10.2 Å². The number of nitrogens with zero attached hydrogens (tertiary/aromatic N) is 1. The smallest absolute Gasteiger partial charge is 0.234 e. The summed E-state index contributed by atoms with van der Waals surface area (Å²) >= 11 is 0. The lowest BCUT2D eigenvalue weighted by atomic mass is 10.0. The molecular formula is C15H30N2O3. The van der Waals surface area contributed by atoms with E-state index in [0.29, 0.717) is 19.7 Å². The molecule has 0 saturated carbocycles. The second-order valence-electron chi connectivity index (χ2n) is 6.20. The van der Waals surface area contributed by atoms with E-state index in [4.69, 9.17) is 9.84 Å². The molecule has 0 bridgehead atoms. The Kier molecular flexibility index (Phi) is 8.11. The summed E-state index contributed by atoms with van der Waals surface area (Å²) in [5.74, 6) is 0.794. The van der Waals surface area contributed by atoms with Crippen molar-refractivity contribution >= 4 is 5.91 Å². The average molecular weight is 286 g/mol. The van der Waals surface area contributed by atoms with E-state index in [2.05, 4.69) is 26.1 Å². The van der Waals surface area contributed by atoms with Gasteiger partial charge in [0.1, 0.15) is 0 Å². The minimum atomic E-state index is -0.153. The molecule has 0 aliphatic carbocycles. The number of carbonyl (C=O) groups excluding carboxylic acids is 1. The highest BCUT2D eigenvalue weighted by atomic mass is 16.5. The van der Waals surface area contributed by atoms with Crippen LogP contribution in [0.4, 0.5) is 0 Å². The zero-order valence-corrected chi connectivity index (χ0v) is 13.1. The third-order valence-electron chi connectivity index (χ3n) is 3.62. The molecule has 118 valence electrons. The quantitative estimate of drug-likeness (QED) is 0.699. The first-order chi connectivity index (χ1) is 9.51. The van der Waals surface area contributed by atoms with Gasteiger partial charge in [0.25, 0.3) is 0 Å². The Morgan fingerprint density at radius 3 is 2.80 bits per heavy atom. The van der Waals surface area contributed by atoms with Crippen molar-refractivity contribution in [2.75, 3.05) is 32.8 Å². The number of carbonyl (C=O) groups is 1. The van der Waals surface area contributed by atoms with Crippen LogP contribution in [0, 0.1) is 5.92 Å². The van der Waals surface area contributed by atoms with Crippen LogP contribution in [0.2, 0.25) is 0 Å². The minimum absolute atomic E-state index is 0.0176. The van der Waals surface area contributed by atoms with Gasteiger partial charge in [-0.2, -0.15) is 0 Å². The number of rotatable bonds is 8. The molecule has 2 atom stereocenters. The monoisotopic (exact) mass is 286 g/mol. The van der Waals surface area contributed by atoms with Crippen molar-refractivity contribution in [3.63, 3.8) is 0 Å². The van der Waals surface area contributed by atoms with Crippen molar-refractivity contribution in [1.29, 1.82) is 0 Å². The number of amides is 1. The average Bonchev–Trinajstić information content (AvgIpc) is 2.38. The van der Waals surface area contributed by atoms with Crippen LogP contribution in [-0.2, 0) is 9.53 Å². The number of hydrogen-bond donors (Lipinski definition) is 2. The standard InChI is InChI=1S/C15H30N2O3/c1-12(2)5-4-6-13(3)16-15(19)10-17-7-8-20-14(9-17)11-18/h12-14,18H,4-11H2,1-3H3,(H,16,19). The Hall–Kier alpha value is -0.650. The highest BCUT2D eigenvalue weighted by Gasteiger charge is 2.21. The maximum absolute atomic E-state index is 12.0. The van der Waals surface area contributed by atoms with Gasteiger partial charge in [0, 0.05) is 19.1 Å². The zero-order valence-electron chi connectivity index (χ0n) is 13.1. The molecule has 1 aliphatic heterocycles. The van der Waals surface area contributed by atoms with Crippen molar-refractivity contribution in [2.45, 2.75) is 52.2 Å². The van der Waals surface area contributed by atoms with Crippen LogP contribution in [0.3, 0.4) is 0 Å². The van der Waals surface area contributed by atoms with Crippen LogP contribution in [0.1, 0.15) is 40.0 Å². The van der Waals surface area contributed by atoms with E-state index in [9.17, 15) is 4.79 Å². The van der Waals surface area contributed by atoms with Crippen molar-refractivity contribution in [3.05, 3.63) is 0 Å². The van der Waals surface area contributed by atoms with Crippen LogP contribution < -0.4 is 5.32 Å². The highest BCUT2D eigenvalue weighted by molar-refractivity contribution is 5.78. The predicted molar refractivity (Wildman–Crippen MR) is 79.6 cm³/mol. The Morgan fingerprint density at radius 2 is 2.15 bits per heavy atom. The number of hydrogen-bond acceptors (Lipinski definition) is 4. The van der Waals surface area contributed by atoms with Gasteiger partial charge in [-0.15, -0.1) is 0 Å². The molecule has 0 aromatic heterocycles. The van der Waals surface area contributed by atoms with Gasteiger partial charge >= 0.3 is 0 Å². The van der Waals surface area contributed by atoms with Crippen molar-refractivity contribution in [2.24, 2.45) is 5.92 Å². The molecule has 1 fully saturated rings. The fraction of sp³-hybridized carbons (Fsp3) is 0.933. The molecule has 0 aromatic rings. The first-order valence-electron chi connectivity index (χ1n) is 7.75. The van der Waals surface area contributed by atoms with Gasteiger partial charge < -0.3 is 15.2 Å². The third kappa shape index (κ3) is 7.22. The molecule has 2 N–H and O–H groups in total. The molecule has 0 radical (unpaired) electrons. The summed E-state index contributed by atoms with van der Waals surface area (Å²) in [6.07, 6.45) is 3.25. The van der Waals surface area contributed by atoms with Gasteiger partial charge in [-0.05, 0) is 19.3 Å². The Labute approximate surface area is 122 Å². The minimum Gasteiger partial charge on any atom is -0.394 e. The van der Waals surface area contributed by atoms with Crippen LogP contribution in [-0.4, -0.2) is 60.9 Å². The van der Waals surface area contributed by atoms with Crippen LogP contribution >= 0.6 is 0 Å². The molecule has 1 amide bonds. The third-order valence-corrected chi connectivity index (χ3v) is 3.62. The van der Waals surface area contributed by atoms with Crippen LogP contribution in [0.25, 0.3) is 0 Å². The molecule has 0 aromatic carbocycles. The second kappa shape index (κ2) is 9.32. The lowest BCUT2D eigenvalue weighted by molar-refractivity contribution is -0.125. The second-order valence-corrected chi connectivity index (χ2v) is 6.20. The van der Waals surface area contributed by atoms with E-state index in [1.165, 1.54) is 6.42 Å². The van der Waals surface area contributed by atoms with Gasteiger partial charge in [0.2, 0.25) is 5.91 Å². The predicted octanol–water partition coefficient (Wildman–Crippen LogP) is 1.01. The molecule has 5 nitrogen and oxygen atoms in total. The highest BCUT2D eigenvalue weighted by Crippen LogP contribution is 2.08. The first kappa shape index (κ1) is 17.4. The van der Waals surface area contributed by atoms with E-state index >= 15 is 0 Å². The largest absolute Gasteiger partial charge is 0.394 e. The van der Waals surface area contributed by atoms with E-state index in [-0.39, 0.29) is 24.7 Å². The summed E-state index contributed by atoms with van der Waals surface area (Å²) in [5.41, 5.74) is 0. The van der Waals surface area contributed by atoms with Crippen LogP contribution in [0.15, 0.2) is 0 Å². The summed E-state index contributed by atoms with van der Waals surface area (Å²) in [6, 6.07) is 0.232. The molecular weight excluding hydrogens is 256 g/mol. The lowest BCUT2D eigenvalue weighted by Gasteiger charge is -2.31. The lowest BCUT2D eigenvalue weighted by Crippen LogP contribution is -2.49. The fourth-order valence-electron chi connectivity index (χ4n) is 2.46. The maximum Gasteiger partial charge on any atom is 0.234 e. The number of morpholine rings is 1. The van der Waals surface area contributed by atoms with Gasteiger partial charge in [-0.1, -0.05) is 26.7 Å². The molecule has 5 heteroatoms. The molecule has 1 aliphatic rings. The number of aliphatic hydroxyl groups excluding tert-OH is 1. The summed E-state index contributed by atoms with van der Waals surface area (Å²) in [4.78, 5) is 14.0. The van der Waals surface area contributed by atoms with E-state index in [1.54, 1.807) is 0 Å². The molecule has 1 saturated heterocycles. The molecule has 1 rings (SSSR count). The van der Waals surface area contributed by atoms with E-state index < -0.39 is 0 Å². The molecule has 0 spiro atoms. The molecule has 1 heterocycles. The Balaban J connectivity index is 2.18. The van der Waals surface area contributed by atoms with Crippen molar-refractivity contribution < 1.29 is 14.6 Å². The SMILES string of the molecule is CC(C)CCCC(C)NC(=O)CN1CCOC(CO)C1. The summed E-state index contributed by atoms with van der Waals surface area (Å²) in [5, 5.41) is 12.1. The first-order valence-corrected chi connectivity index (χ1v) is 7.75. The number of aliphatic hydroxyl groups is 1. The Bertz CT molecular complexity index is 284. The Morgan fingerprint density at radius 1 is 1.40 bits per heavy atom. The normalized spacial score (nSPS) is 21.9. The fourth-order valence-corrected chi connectivity index (χ4v) is 2.46. The van der Waals surface area contributed by atoms with E-state index in [1.807, 2.05) is 4.90 Å². The summed E-state index contributed by atoms with van der Waals surface area (Å²) < 4.78 is 5.37. The van der Waals surface area contributed by atoms with Gasteiger partial charge in [-0.3, -0.25) is 9.69 Å². The van der Waals surface area contributed by atoms with Gasteiger partial charge in [-0.25, -0.2) is 0 Å². The summed E-state index contributed by atoms with van der Waals surface area (Å²) in [7, 11) is 0.